The van der Waals surface area contributed by atoms with Gasteiger partial charge in [-0.15, -0.1) is 0 Å². The highest BCUT2D eigenvalue weighted by molar-refractivity contribution is 7.90. The zero-order valence-electron chi connectivity index (χ0n) is 11.0. The lowest BCUT2D eigenvalue weighted by molar-refractivity contribution is -0.386. The van der Waals surface area contributed by atoms with Crippen LogP contribution in [0.5, 0.6) is 5.75 Å². The molecule has 0 aromatic heterocycles. The van der Waals surface area contributed by atoms with E-state index in [0.29, 0.717) is 12.5 Å². The van der Waals surface area contributed by atoms with Crippen LogP contribution in [0.25, 0.3) is 0 Å². The molecule has 0 amide bonds. The minimum atomic E-state index is -3.48. The molecule has 0 saturated heterocycles. The summed E-state index contributed by atoms with van der Waals surface area (Å²) in [4.78, 5) is 10.3. The summed E-state index contributed by atoms with van der Waals surface area (Å²) in [6, 6.07) is 3.69. The summed E-state index contributed by atoms with van der Waals surface area (Å²) < 4.78 is 28.4. The molecule has 0 spiro atoms. The highest BCUT2D eigenvalue weighted by atomic mass is 32.2. The Labute approximate surface area is 116 Å². The largest absolute Gasteiger partial charge is 0.483 e. The van der Waals surface area contributed by atoms with Gasteiger partial charge in [0.05, 0.1) is 15.9 Å². The second kappa shape index (κ2) is 5.37. The molecule has 0 bridgehead atoms. The SMILES string of the molecule is CS(=O)(=O)c1ccc(OC2CC(CN)C2)c([N+](=O)[O-])c1. The summed E-state index contributed by atoms with van der Waals surface area (Å²) >= 11 is 0. The first-order valence-corrected chi connectivity index (χ1v) is 8.05. The number of rotatable bonds is 5. The van der Waals surface area contributed by atoms with Crippen molar-refractivity contribution in [3.05, 3.63) is 28.3 Å². The van der Waals surface area contributed by atoms with E-state index in [9.17, 15) is 18.5 Å². The summed E-state index contributed by atoms with van der Waals surface area (Å²) in [5, 5.41) is 11.0. The number of ether oxygens (including phenoxy) is 1. The standard InChI is InChI=1S/C12H16N2O5S/c1-20(17,18)10-2-3-12(11(6-10)14(15)16)19-9-4-8(5-9)7-13/h2-3,6,8-9H,4-5,7,13H2,1H3. The van der Waals surface area contributed by atoms with Crippen LogP contribution in [0.15, 0.2) is 23.1 Å². The van der Waals surface area contributed by atoms with Gasteiger partial charge in [0.2, 0.25) is 0 Å². The van der Waals surface area contributed by atoms with E-state index in [1.807, 2.05) is 0 Å². The van der Waals surface area contributed by atoms with Gasteiger partial charge in [-0.3, -0.25) is 10.1 Å². The number of nitro groups is 1. The fourth-order valence-electron chi connectivity index (χ4n) is 2.11. The number of benzene rings is 1. The number of nitrogens with zero attached hydrogens (tertiary/aromatic N) is 1. The van der Waals surface area contributed by atoms with Crippen LogP contribution >= 0.6 is 0 Å². The molecule has 0 heterocycles. The predicted octanol–water partition coefficient (Wildman–Crippen LogP) is 1.11. The third kappa shape index (κ3) is 3.07. The van der Waals surface area contributed by atoms with Gasteiger partial charge in [-0.2, -0.15) is 0 Å². The van der Waals surface area contributed by atoms with Crippen molar-refractivity contribution < 1.29 is 18.1 Å². The lowest BCUT2D eigenvalue weighted by atomic mass is 9.82. The fraction of sp³-hybridized carbons (Fsp3) is 0.500. The van der Waals surface area contributed by atoms with Crippen molar-refractivity contribution in [3.63, 3.8) is 0 Å². The Bertz CT molecular complexity index is 623. The molecular weight excluding hydrogens is 284 g/mol. The minimum absolute atomic E-state index is 0.0914. The van der Waals surface area contributed by atoms with Crippen molar-refractivity contribution >= 4 is 15.5 Å². The molecule has 1 aliphatic carbocycles. The summed E-state index contributed by atoms with van der Waals surface area (Å²) in [6.07, 6.45) is 2.44. The van der Waals surface area contributed by atoms with Crippen LogP contribution in [0.4, 0.5) is 5.69 Å². The van der Waals surface area contributed by atoms with Crippen molar-refractivity contribution in [2.24, 2.45) is 11.7 Å². The average molecular weight is 300 g/mol. The van der Waals surface area contributed by atoms with Gasteiger partial charge >= 0.3 is 5.69 Å². The number of sulfone groups is 1. The minimum Gasteiger partial charge on any atom is -0.483 e. The van der Waals surface area contributed by atoms with Crippen LogP contribution in [0.1, 0.15) is 12.8 Å². The summed E-state index contributed by atoms with van der Waals surface area (Å²) in [7, 11) is -3.48. The van der Waals surface area contributed by atoms with E-state index < -0.39 is 14.8 Å². The highest BCUT2D eigenvalue weighted by Crippen LogP contribution is 2.35. The van der Waals surface area contributed by atoms with Crippen molar-refractivity contribution in [3.8, 4) is 5.75 Å². The number of nitrogens with two attached hydrogens (primary N) is 1. The Kier molecular flexibility index (Phi) is 3.96. The molecule has 0 unspecified atom stereocenters. The van der Waals surface area contributed by atoms with E-state index in [2.05, 4.69) is 0 Å². The molecule has 2 rings (SSSR count). The molecule has 0 radical (unpaired) electrons. The first-order chi connectivity index (χ1) is 9.31. The van der Waals surface area contributed by atoms with Crippen LogP contribution in [-0.2, 0) is 9.84 Å². The summed E-state index contributed by atoms with van der Waals surface area (Å²) in [5.41, 5.74) is 5.18. The molecule has 7 nitrogen and oxygen atoms in total. The smallest absolute Gasteiger partial charge is 0.312 e. The number of nitro benzene ring substituents is 1. The van der Waals surface area contributed by atoms with Crippen molar-refractivity contribution in [1.82, 2.24) is 0 Å². The van der Waals surface area contributed by atoms with Crippen LogP contribution in [0, 0.1) is 16.0 Å². The molecule has 1 saturated carbocycles. The maximum Gasteiger partial charge on any atom is 0.312 e. The van der Waals surface area contributed by atoms with E-state index in [-0.39, 0.29) is 22.4 Å². The quantitative estimate of drug-likeness (QED) is 0.644. The number of hydrogen-bond donors (Lipinski definition) is 1. The van der Waals surface area contributed by atoms with E-state index in [0.717, 1.165) is 25.2 Å². The maximum atomic E-state index is 11.4. The predicted molar refractivity (Wildman–Crippen MR) is 72.4 cm³/mol. The van der Waals surface area contributed by atoms with Crippen LogP contribution in [-0.4, -0.2) is 32.2 Å². The van der Waals surface area contributed by atoms with Crippen LogP contribution in [0.3, 0.4) is 0 Å². The molecule has 0 atom stereocenters. The summed E-state index contributed by atoms with van der Waals surface area (Å²) in [6.45, 7) is 0.578. The van der Waals surface area contributed by atoms with Gasteiger partial charge in [0.1, 0.15) is 0 Å². The van der Waals surface area contributed by atoms with Crippen molar-refractivity contribution in [2.75, 3.05) is 12.8 Å². The molecule has 1 aliphatic rings. The Morgan fingerprint density at radius 2 is 2.10 bits per heavy atom. The third-order valence-electron chi connectivity index (χ3n) is 3.37. The normalized spacial score (nSPS) is 22.1. The van der Waals surface area contributed by atoms with Gasteiger partial charge in [0.25, 0.3) is 0 Å². The molecule has 8 heteroatoms. The van der Waals surface area contributed by atoms with Crippen molar-refractivity contribution in [1.29, 1.82) is 0 Å². The van der Waals surface area contributed by atoms with Crippen molar-refractivity contribution in [2.45, 2.75) is 23.8 Å². The second-order valence-electron chi connectivity index (χ2n) is 4.97. The Morgan fingerprint density at radius 1 is 1.45 bits per heavy atom. The second-order valence-corrected chi connectivity index (χ2v) is 6.99. The molecule has 1 fully saturated rings. The zero-order valence-corrected chi connectivity index (χ0v) is 11.8. The highest BCUT2D eigenvalue weighted by Gasteiger charge is 2.31. The molecular formula is C12H16N2O5S. The first kappa shape index (κ1) is 14.7. The van der Waals surface area contributed by atoms with Crippen LogP contribution < -0.4 is 10.5 Å². The Hall–Kier alpha value is -1.67. The molecule has 1 aromatic carbocycles. The van der Waals surface area contributed by atoms with E-state index in [1.165, 1.54) is 12.1 Å². The Morgan fingerprint density at radius 3 is 2.60 bits per heavy atom. The van der Waals surface area contributed by atoms with Gasteiger partial charge in [0.15, 0.2) is 15.6 Å². The van der Waals surface area contributed by atoms with E-state index in [4.69, 9.17) is 10.5 Å². The van der Waals surface area contributed by atoms with Gasteiger partial charge in [-0.05, 0) is 37.4 Å². The lowest BCUT2D eigenvalue weighted by Crippen LogP contribution is -2.37. The zero-order chi connectivity index (χ0) is 14.9. The first-order valence-electron chi connectivity index (χ1n) is 6.16. The van der Waals surface area contributed by atoms with E-state index >= 15 is 0 Å². The molecule has 110 valence electrons. The van der Waals surface area contributed by atoms with Gasteiger partial charge in [-0.25, -0.2) is 8.42 Å². The topological polar surface area (TPSA) is 113 Å². The molecule has 20 heavy (non-hydrogen) atoms. The molecule has 1 aromatic rings. The van der Waals surface area contributed by atoms with Gasteiger partial charge in [0, 0.05) is 12.3 Å². The number of hydrogen-bond acceptors (Lipinski definition) is 6. The average Bonchev–Trinajstić information content (AvgIpc) is 2.31. The third-order valence-corrected chi connectivity index (χ3v) is 4.48. The van der Waals surface area contributed by atoms with Gasteiger partial charge in [-0.1, -0.05) is 0 Å². The van der Waals surface area contributed by atoms with Gasteiger partial charge < -0.3 is 10.5 Å². The summed E-state index contributed by atoms with van der Waals surface area (Å²) in [5.74, 6) is 0.497. The monoisotopic (exact) mass is 300 g/mol. The molecule has 0 aliphatic heterocycles. The maximum absolute atomic E-state index is 11.4. The Balaban J connectivity index is 2.23. The fourth-order valence-corrected chi connectivity index (χ4v) is 2.75. The van der Waals surface area contributed by atoms with Crippen LogP contribution in [0.2, 0.25) is 0 Å². The molecule has 2 N–H and O–H groups in total. The van der Waals surface area contributed by atoms with E-state index in [1.54, 1.807) is 0 Å². The lowest BCUT2D eigenvalue weighted by Gasteiger charge is -2.34.